The second kappa shape index (κ2) is 7.81. The highest BCUT2D eigenvalue weighted by Gasteiger charge is 2.18. The van der Waals surface area contributed by atoms with Crippen LogP contribution in [0.1, 0.15) is 6.92 Å². The highest BCUT2D eigenvalue weighted by molar-refractivity contribution is 5.97. The van der Waals surface area contributed by atoms with E-state index < -0.39 is 11.0 Å². The summed E-state index contributed by atoms with van der Waals surface area (Å²) in [5.41, 5.74) is 0.939. The smallest absolute Gasteiger partial charge is 0.273 e. The summed E-state index contributed by atoms with van der Waals surface area (Å²) in [6.07, 6.45) is 0. The third kappa shape index (κ3) is 4.20. The molecule has 1 heterocycles. The molecule has 142 valence electrons. The van der Waals surface area contributed by atoms with E-state index in [1.165, 1.54) is 25.3 Å². The minimum Gasteiger partial charge on any atom is -0.494 e. The molecule has 27 heavy (non-hydrogen) atoms. The molecule has 0 spiro atoms. The molecule has 3 rings (SSSR count). The molecule has 0 aromatic heterocycles. The van der Waals surface area contributed by atoms with Crippen molar-refractivity contribution in [3.05, 3.63) is 46.5 Å². The van der Waals surface area contributed by atoms with Gasteiger partial charge in [-0.1, -0.05) is 0 Å². The first kappa shape index (κ1) is 18.3. The van der Waals surface area contributed by atoms with Gasteiger partial charge in [-0.05, 0) is 25.1 Å². The molecule has 0 fully saturated rings. The van der Waals surface area contributed by atoms with E-state index in [2.05, 4.69) is 10.6 Å². The van der Waals surface area contributed by atoms with Crippen LogP contribution in [0.25, 0.3) is 0 Å². The minimum absolute atomic E-state index is 0.118. The van der Waals surface area contributed by atoms with Gasteiger partial charge >= 0.3 is 0 Å². The first-order valence-electron chi connectivity index (χ1n) is 8.27. The maximum atomic E-state index is 12.5. The lowest BCUT2D eigenvalue weighted by molar-refractivity contribution is -0.384. The Balaban J connectivity index is 1.68. The zero-order chi connectivity index (χ0) is 19.4. The van der Waals surface area contributed by atoms with Gasteiger partial charge in [0.25, 0.3) is 5.69 Å². The molecule has 1 atom stereocenters. The molecule has 2 aromatic rings. The van der Waals surface area contributed by atoms with Gasteiger partial charge in [-0.3, -0.25) is 14.9 Å². The van der Waals surface area contributed by atoms with Crippen LogP contribution < -0.4 is 24.8 Å². The van der Waals surface area contributed by atoms with Gasteiger partial charge < -0.3 is 24.8 Å². The largest absolute Gasteiger partial charge is 0.494 e. The van der Waals surface area contributed by atoms with Gasteiger partial charge in [-0.15, -0.1) is 0 Å². The summed E-state index contributed by atoms with van der Waals surface area (Å²) in [7, 11) is 1.38. The van der Waals surface area contributed by atoms with E-state index in [9.17, 15) is 14.9 Å². The monoisotopic (exact) mass is 373 g/mol. The van der Waals surface area contributed by atoms with Crippen LogP contribution in [0, 0.1) is 10.1 Å². The molecular weight excluding hydrogens is 354 g/mol. The maximum absolute atomic E-state index is 12.5. The van der Waals surface area contributed by atoms with Crippen LogP contribution in [0.15, 0.2) is 36.4 Å². The number of methoxy groups -OCH3 is 1. The van der Waals surface area contributed by atoms with Gasteiger partial charge in [-0.2, -0.15) is 0 Å². The fourth-order valence-electron chi connectivity index (χ4n) is 2.59. The number of rotatable bonds is 6. The molecular formula is C18H19N3O6. The molecule has 1 aliphatic rings. The lowest BCUT2D eigenvalue weighted by Gasteiger charge is -2.21. The molecule has 0 radical (unpaired) electrons. The third-order valence-corrected chi connectivity index (χ3v) is 3.97. The van der Waals surface area contributed by atoms with Crippen molar-refractivity contribution in [1.29, 1.82) is 0 Å². The molecule has 0 aliphatic carbocycles. The Kier molecular flexibility index (Phi) is 5.30. The van der Waals surface area contributed by atoms with Crippen LogP contribution in [0.2, 0.25) is 0 Å². The van der Waals surface area contributed by atoms with Crippen molar-refractivity contribution < 1.29 is 23.9 Å². The number of ether oxygens (including phenoxy) is 3. The van der Waals surface area contributed by atoms with Crippen molar-refractivity contribution in [2.45, 2.75) is 13.0 Å². The predicted molar refractivity (Wildman–Crippen MR) is 98.8 cm³/mol. The number of nitrogens with zero attached hydrogens (tertiary/aromatic N) is 1. The predicted octanol–water partition coefficient (Wildman–Crippen LogP) is 2.81. The topological polar surface area (TPSA) is 112 Å². The normalized spacial score (nSPS) is 13.4. The highest BCUT2D eigenvalue weighted by atomic mass is 16.6. The van der Waals surface area contributed by atoms with E-state index in [-0.39, 0.29) is 17.3 Å². The van der Waals surface area contributed by atoms with Gasteiger partial charge in [0.1, 0.15) is 25.0 Å². The van der Waals surface area contributed by atoms with Crippen LogP contribution in [0.4, 0.5) is 17.1 Å². The van der Waals surface area contributed by atoms with Crippen LogP contribution in [-0.4, -0.2) is 37.2 Å². The van der Waals surface area contributed by atoms with Gasteiger partial charge in [0.15, 0.2) is 11.5 Å². The molecule has 0 saturated heterocycles. The summed E-state index contributed by atoms with van der Waals surface area (Å²) in [4.78, 5) is 22.8. The number of amides is 1. The van der Waals surface area contributed by atoms with Crippen LogP contribution in [0.5, 0.6) is 17.2 Å². The van der Waals surface area contributed by atoms with Crippen molar-refractivity contribution in [3.63, 3.8) is 0 Å². The van der Waals surface area contributed by atoms with E-state index >= 15 is 0 Å². The highest BCUT2D eigenvalue weighted by Crippen LogP contribution is 2.33. The van der Waals surface area contributed by atoms with Gasteiger partial charge in [0.05, 0.1) is 23.8 Å². The number of nitrogens with one attached hydrogen (secondary N) is 2. The molecule has 9 heteroatoms. The van der Waals surface area contributed by atoms with E-state index in [1.54, 1.807) is 25.1 Å². The number of nitro benzene ring substituents is 1. The molecule has 2 aromatic carbocycles. The van der Waals surface area contributed by atoms with Crippen molar-refractivity contribution in [2.75, 3.05) is 31.0 Å². The number of fused-ring (bicyclic) bond motifs is 1. The zero-order valence-corrected chi connectivity index (χ0v) is 14.9. The van der Waals surface area contributed by atoms with E-state index in [0.717, 1.165) is 0 Å². The molecule has 0 unspecified atom stereocenters. The van der Waals surface area contributed by atoms with E-state index in [0.29, 0.717) is 36.1 Å². The number of hydrogen-bond acceptors (Lipinski definition) is 7. The standard InChI is InChI=1S/C18H19N3O6/c1-11(19-12-3-6-15-17(9-12)27-8-7-26-15)18(22)20-14-5-4-13(21(23)24)10-16(14)25-2/h3-6,9-11,19H,7-8H2,1-2H3,(H,20,22)/t11-/m0/s1. The average Bonchev–Trinajstić information content (AvgIpc) is 2.67. The van der Waals surface area contributed by atoms with Crippen molar-refractivity contribution >= 4 is 23.0 Å². The molecule has 1 amide bonds. The number of anilines is 2. The molecule has 1 aliphatic heterocycles. The fourth-order valence-corrected chi connectivity index (χ4v) is 2.59. The van der Waals surface area contributed by atoms with Crippen molar-refractivity contribution in [2.24, 2.45) is 0 Å². The first-order chi connectivity index (χ1) is 13.0. The van der Waals surface area contributed by atoms with E-state index in [1.807, 2.05) is 0 Å². The number of carbonyl (C=O) groups is 1. The Morgan fingerprint density at radius 1 is 1.19 bits per heavy atom. The van der Waals surface area contributed by atoms with E-state index in [4.69, 9.17) is 14.2 Å². The quantitative estimate of drug-likeness (QED) is 0.591. The first-order valence-corrected chi connectivity index (χ1v) is 8.27. The molecule has 0 saturated carbocycles. The molecule has 0 bridgehead atoms. The average molecular weight is 373 g/mol. The SMILES string of the molecule is COc1cc([N+](=O)[O-])ccc1NC(=O)[C@H](C)Nc1ccc2c(c1)OCCO2. The Morgan fingerprint density at radius 3 is 2.63 bits per heavy atom. The second-order valence-corrected chi connectivity index (χ2v) is 5.86. The summed E-state index contributed by atoms with van der Waals surface area (Å²) < 4.78 is 16.1. The Bertz CT molecular complexity index is 870. The Morgan fingerprint density at radius 2 is 1.93 bits per heavy atom. The zero-order valence-electron chi connectivity index (χ0n) is 14.9. The second-order valence-electron chi connectivity index (χ2n) is 5.86. The molecule has 2 N–H and O–H groups in total. The summed E-state index contributed by atoms with van der Waals surface area (Å²) in [6.45, 7) is 2.69. The summed E-state index contributed by atoms with van der Waals surface area (Å²) >= 11 is 0. The van der Waals surface area contributed by atoms with Gasteiger partial charge in [0.2, 0.25) is 5.91 Å². The Labute approximate surface area is 155 Å². The third-order valence-electron chi connectivity index (χ3n) is 3.97. The van der Waals surface area contributed by atoms with Gasteiger partial charge in [-0.25, -0.2) is 0 Å². The Hall–Kier alpha value is -3.49. The minimum atomic E-state index is -0.576. The van der Waals surface area contributed by atoms with Crippen molar-refractivity contribution in [1.82, 2.24) is 0 Å². The number of hydrogen-bond donors (Lipinski definition) is 2. The lowest BCUT2D eigenvalue weighted by atomic mass is 10.2. The van der Waals surface area contributed by atoms with Crippen LogP contribution in [0.3, 0.4) is 0 Å². The molecule has 9 nitrogen and oxygen atoms in total. The summed E-state index contributed by atoms with van der Waals surface area (Å²) in [5.74, 6) is 1.18. The van der Waals surface area contributed by atoms with Gasteiger partial charge in [0, 0.05) is 17.8 Å². The summed E-state index contributed by atoms with van der Waals surface area (Å²) in [6, 6.07) is 8.76. The van der Waals surface area contributed by atoms with Crippen molar-refractivity contribution in [3.8, 4) is 17.2 Å². The summed E-state index contributed by atoms with van der Waals surface area (Å²) in [5, 5.41) is 16.6. The number of carbonyl (C=O) groups excluding carboxylic acids is 1. The maximum Gasteiger partial charge on any atom is 0.273 e. The number of non-ortho nitro benzene ring substituents is 1. The number of nitro groups is 1. The van der Waals surface area contributed by atoms with Crippen LogP contribution >= 0.6 is 0 Å². The van der Waals surface area contributed by atoms with Crippen LogP contribution in [-0.2, 0) is 4.79 Å². The lowest BCUT2D eigenvalue weighted by Crippen LogP contribution is -2.32. The fraction of sp³-hybridized carbons (Fsp3) is 0.278. The number of benzene rings is 2.